The van der Waals surface area contributed by atoms with Gasteiger partial charge in [-0.1, -0.05) is 12.8 Å². The zero-order valence-corrected chi connectivity index (χ0v) is 10.2. The number of carbonyl (C=O) groups excluding carboxylic acids is 2. The Morgan fingerprint density at radius 1 is 1.12 bits per heavy atom. The summed E-state index contributed by atoms with van der Waals surface area (Å²) in [5.41, 5.74) is 0. The quantitative estimate of drug-likeness (QED) is 0.557. The summed E-state index contributed by atoms with van der Waals surface area (Å²) in [5, 5.41) is 14.0. The summed E-state index contributed by atoms with van der Waals surface area (Å²) < 4.78 is 0. The molecule has 0 atom stereocenters. The minimum Gasteiger partial charge on any atom is -0.396 e. The number of carbonyl (C=O) groups is 2. The van der Waals surface area contributed by atoms with E-state index in [1.165, 1.54) is 0 Å². The van der Waals surface area contributed by atoms with Crippen LogP contribution in [0.15, 0.2) is 0 Å². The highest BCUT2D eigenvalue weighted by Gasteiger charge is 2.22. The Morgan fingerprint density at radius 2 is 1.82 bits per heavy atom. The van der Waals surface area contributed by atoms with Crippen LogP contribution in [-0.4, -0.2) is 36.6 Å². The molecule has 98 valence electrons. The Kier molecular flexibility index (Phi) is 6.62. The number of aliphatic hydroxyl groups excluding tert-OH is 1. The van der Waals surface area contributed by atoms with Gasteiger partial charge in [0.2, 0.25) is 11.8 Å². The molecule has 17 heavy (non-hydrogen) atoms. The molecule has 5 nitrogen and oxygen atoms in total. The predicted octanol–water partition coefficient (Wildman–Crippen LogP) is 0.182. The van der Waals surface area contributed by atoms with Gasteiger partial charge in [0.25, 0.3) is 0 Å². The maximum absolute atomic E-state index is 11.6. The van der Waals surface area contributed by atoms with E-state index in [0.717, 1.165) is 25.7 Å². The molecule has 0 aromatic rings. The van der Waals surface area contributed by atoms with Crippen molar-refractivity contribution in [2.24, 2.45) is 5.92 Å². The Bertz CT molecular complexity index is 250. The van der Waals surface area contributed by atoms with E-state index in [0.29, 0.717) is 25.9 Å². The monoisotopic (exact) mass is 242 g/mol. The number of aliphatic hydroxyl groups is 1. The highest BCUT2D eigenvalue weighted by atomic mass is 16.3. The summed E-state index contributed by atoms with van der Waals surface area (Å²) in [6, 6.07) is 0. The largest absolute Gasteiger partial charge is 0.396 e. The first-order valence-corrected chi connectivity index (χ1v) is 6.39. The molecule has 1 saturated carbocycles. The second-order valence-electron chi connectivity index (χ2n) is 4.45. The molecule has 0 aromatic heterocycles. The fourth-order valence-electron chi connectivity index (χ4n) is 2.03. The van der Waals surface area contributed by atoms with Crippen LogP contribution in [0.25, 0.3) is 0 Å². The molecule has 5 heteroatoms. The third kappa shape index (κ3) is 5.68. The van der Waals surface area contributed by atoms with Gasteiger partial charge in [-0.05, 0) is 19.3 Å². The molecule has 0 saturated heterocycles. The van der Waals surface area contributed by atoms with Crippen molar-refractivity contribution in [2.75, 3.05) is 19.7 Å². The van der Waals surface area contributed by atoms with Crippen molar-refractivity contribution >= 4 is 11.8 Å². The first-order chi connectivity index (χ1) is 8.24. The van der Waals surface area contributed by atoms with Crippen molar-refractivity contribution in [3.8, 4) is 0 Å². The Balaban J connectivity index is 2.02. The summed E-state index contributed by atoms with van der Waals surface area (Å²) in [6.45, 7) is 0.977. The van der Waals surface area contributed by atoms with Crippen LogP contribution in [0.4, 0.5) is 0 Å². The maximum Gasteiger partial charge on any atom is 0.223 e. The van der Waals surface area contributed by atoms with Crippen LogP contribution in [0, 0.1) is 5.92 Å². The first kappa shape index (κ1) is 14.0. The van der Waals surface area contributed by atoms with Gasteiger partial charge in [-0.25, -0.2) is 0 Å². The van der Waals surface area contributed by atoms with E-state index in [-0.39, 0.29) is 24.3 Å². The van der Waals surface area contributed by atoms with Gasteiger partial charge in [0.1, 0.15) is 0 Å². The lowest BCUT2D eigenvalue weighted by molar-refractivity contribution is -0.125. The summed E-state index contributed by atoms with van der Waals surface area (Å²) >= 11 is 0. The minimum atomic E-state index is -0.0785. The van der Waals surface area contributed by atoms with Crippen LogP contribution in [0.2, 0.25) is 0 Å². The van der Waals surface area contributed by atoms with Gasteiger partial charge in [-0.15, -0.1) is 0 Å². The minimum absolute atomic E-state index is 0.0785. The molecule has 1 aliphatic rings. The third-order valence-corrected chi connectivity index (χ3v) is 3.03. The smallest absolute Gasteiger partial charge is 0.223 e. The van der Waals surface area contributed by atoms with Crippen LogP contribution in [-0.2, 0) is 9.59 Å². The average Bonchev–Trinajstić information content (AvgIpc) is 2.82. The molecular weight excluding hydrogens is 220 g/mol. The highest BCUT2D eigenvalue weighted by molar-refractivity contribution is 5.80. The molecule has 1 rings (SSSR count). The van der Waals surface area contributed by atoms with E-state index in [1.54, 1.807) is 0 Å². The molecule has 0 aliphatic heterocycles. The van der Waals surface area contributed by atoms with Crippen LogP contribution in [0.5, 0.6) is 0 Å². The molecule has 0 unspecified atom stereocenters. The van der Waals surface area contributed by atoms with Gasteiger partial charge in [0, 0.05) is 32.0 Å². The summed E-state index contributed by atoms with van der Waals surface area (Å²) in [7, 11) is 0. The standard InChI is InChI=1S/C12H22N2O3/c15-9-3-7-13-11(16)6-8-14-12(17)10-4-1-2-5-10/h10,15H,1-9H2,(H,13,16)(H,14,17). The number of rotatable bonds is 7. The van der Waals surface area contributed by atoms with E-state index >= 15 is 0 Å². The molecule has 0 heterocycles. The van der Waals surface area contributed by atoms with Crippen molar-refractivity contribution in [1.29, 1.82) is 0 Å². The molecule has 0 spiro atoms. The maximum atomic E-state index is 11.6. The van der Waals surface area contributed by atoms with Crippen LogP contribution in [0.1, 0.15) is 38.5 Å². The Labute approximate surface area is 102 Å². The van der Waals surface area contributed by atoms with Gasteiger partial charge in [0.15, 0.2) is 0 Å². The van der Waals surface area contributed by atoms with Crippen molar-refractivity contribution < 1.29 is 14.7 Å². The van der Waals surface area contributed by atoms with Crippen LogP contribution >= 0.6 is 0 Å². The van der Waals surface area contributed by atoms with Crippen LogP contribution < -0.4 is 10.6 Å². The third-order valence-electron chi connectivity index (χ3n) is 3.03. The average molecular weight is 242 g/mol. The van der Waals surface area contributed by atoms with Gasteiger partial charge in [0.05, 0.1) is 0 Å². The van der Waals surface area contributed by atoms with E-state index in [4.69, 9.17) is 5.11 Å². The Hall–Kier alpha value is -1.10. The molecule has 3 N–H and O–H groups in total. The second-order valence-corrected chi connectivity index (χ2v) is 4.45. The fraction of sp³-hybridized carbons (Fsp3) is 0.833. The van der Waals surface area contributed by atoms with Gasteiger partial charge >= 0.3 is 0 Å². The summed E-state index contributed by atoms with van der Waals surface area (Å²) in [6.07, 6.45) is 5.12. The topological polar surface area (TPSA) is 78.4 Å². The lowest BCUT2D eigenvalue weighted by atomic mass is 10.1. The van der Waals surface area contributed by atoms with Crippen molar-refractivity contribution in [2.45, 2.75) is 38.5 Å². The number of hydrogen-bond donors (Lipinski definition) is 3. The van der Waals surface area contributed by atoms with Gasteiger partial charge in [-0.3, -0.25) is 9.59 Å². The van der Waals surface area contributed by atoms with Gasteiger partial charge < -0.3 is 15.7 Å². The fourth-order valence-corrected chi connectivity index (χ4v) is 2.03. The molecule has 1 aliphatic carbocycles. The van der Waals surface area contributed by atoms with Gasteiger partial charge in [-0.2, -0.15) is 0 Å². The summed E-state index contributed by atoms with van der Waals surface area (Å²) in [4.78, 5) is 22.9. The van der Waals surface area contributed by atoms with E-state index in [1.807, 2.05) is 0 Å². The van der Waals surface area contributed by atoms with Crippen LogP contribution in [0.3, 0.4) is 0 Å². The second kappa shape index (κ2) is 8.06. The Morgan fingerprint density at radius 3 is 2.47 bits per heavy atom. The van der Waals surface area contributed by atoms with E-state index in [2.05, 4.69) is 10.6 Å². The van der Waals surface area contributed by atoms with Crippen molar-refractivity contribution in [3.05, 3.63) is 0 Å². The lowest BCUT2D eigenvalue weighted by Gasteiger charge is -2.10. The molecule has 0 bridgehead atoms. The number of amides is 2. The predicted molar refractivity (Wildman–Crippen MR) is 64.3 cm³/mol. The highest BCUT2D eigenvalue weighted by Crippen LogP contribution is 2.24. The molecule has 1 fully saturated rings. The number of hydrogen-bond acceptors (Lipinski definition) is 3. The first-order valence-electron chi connectivity index (χ1n) is 6.39. The van der Waals surface area contributed by atoms with Crippen molar-refractivity contribution in [3.63, 3.8) is 0 Å². The zero-order chi connectivity index (χ0) is 12.5. The van der Waals surface area contributed by atoms with Crippen molar-refractivity contribution in [1.82, 2.24) is 10.6 Å². The SMILES string of the molecule is O=C(CCNC(=O)C1CCCC1)NCCCO. The molecule has 0 radical (unpaired) electrons. The summed E-state index contributed by atoms with van der Waals surface area (Å²) in [5.74, 6) is 0.170. The molecular formula is C12H22N2O3. The molecule has 0 aromatic carbocycles. The lowest BCUT2D eigenvalue weighted by Crippen LogP contribution is -2.34. The normalized spacial score (nSPS) is 15.8. The molecule has 2 amide bonds. The van der Waals surface area contributed by atoms with E-state index in [9.17, 15) is 9.59 Å². The van der Waals surface area contributed by atoms with E-state index < -0.39 is 0 Å². The number of nitrogens with one attached hydrogen (secondary N) is 2. The zero-order valence-electron chi connectivity index (χ0n) is 10.2.